The first-order valence-corrected chi connectivity index (χ1v) is 5.81. The maximum atomic E-state index is 8.62. The van der Waals surface area contributed by atoms with E-state index in [2.05, 4.69) is 11.4 Å². The van der Waals surface area contributed by atoms with Crippen molar-refractivity contribution in [3.63, 3.8) is 0 Å². The third kappa shape index (κ3) is 7.21. The molecule has 0 aromatic heterocycles. The van der Waals surface area contributed by atoms with Gasteiger partial charge in [-0.15, -0.1) is 12.4 Å². The monoisotopic (exact) mass is 259 g/mol. The fraction of sp³-hybridized carbons (Fsp3) is 0.538. The van der Waals surface area contributed by atoms with Crippen LogP contribution in [0.1, 0.15) is 24.8 Å². The highest BCUT2D eigenvalue weighted by Crippen LogP contribution is 2.12. The third-order valence-electron chi connectivity index (χ3n) is 2.47. The van der Waals surface area contributed by atoms with Crippen LogP contribution in [0.25, 0.3) is 0 Å². The van der Waals surface area contributed by atoms with Crippen LogP contribution in [0.2, 0.25) is 0 Å². The second-order valence-electron chi connectivity index (χ2n) is 3.81. The van der Waals surface area contributed by atoms with Gasteiger partial charge in [0.25, 0.3) is 0 Å². The van der Waals surface area contributed by atoms with E-state index >= 15 is 0 Å². The number of methoxy groups -OCH3 is 1. The highest BCUT2D eigenvalue weighted by atomic mass is 35.5. The number of halogens is 1. The number of benzene rings is 1. The quantitative estimate of drug-likeness (QED) is 0.705. The van der Waals surface area contributed by atoms with Gasteiger partial charge < -0.3 is 15.2 Å². The van der Waals surface area contributed by atoms with E-state index in [9.17, 15) is 0 Å². The molecule has 0 amide bonds. The zero-order valence-electron chi connectivity index (χ0n) is 10.3. The Morgan fingerprint density at radius 1 is 1.24 bits per heavy atom. The smallest absolute Gasteiger partial charge is 0.119 e. The van der Waals surface area contributed by atoms with Crippen LogP contribution in [0.4, 0.5) is 0 Å². The minimum Gasteiger partial charge on any atom is -0.497 e. The Balaban J connectivity index is 0.00000256. The van der Waals surface area contributed by atoms with Crippen LogP contribution in [-0.2, 0) is 6.54 Å². The molecule has 0 aliphatic carbocycles. The molecule has 4 heteroatoms. The maximum absolute atomic E-state index is 8.62. The molecule has 0 radical (unpaired) electrons. The van der Waals surface area contributed by atoms with Crippen molar-refractivity contribution < 1.29 is 9.84 Å². The topological polar surface area (TPSA) is 41.5 Å². The van der Waals surface area contributed by atoms with E-state index in [-0.39, 0.29) is 12.4 Å². The number of unbranched alkanes of at least 4 members (excludes halogenated alkanes) is 2. The van der Waals surface area contributed by atoms with Gasteiger partial charge in [-0.2, -0.15) is 0 Å². The lowest BCUT2D eigenvalue weighted by molar-refractivity contribution is 0.283. The van der Waals surface area contributed by atoms with E-state index in [4.69, 9.17) is 9.84 Å². The number of nitrogens with one attached hydrogen (secondary N) is 1. The Kier molecular flexibility index (Phi) is 9.92. The van der Waals surface area contributed by atoms with Crippen LogP contribution in [0, 0.1) is 0 Å². The summed E-state index contributed by atoms with van der Waals surface area (Å²) in [6.45, 7) is 2.17. The van der Waals surface area contributed by atoms with Gasteiger partial charge in [-0.05, 0) is 43.5 Å². The molecule has 0 bridgehead atoms. The van der Waals surface area contributed by atoms with E-state index in [1.54, 1.807) is 7.11 Å². The Morgan fingerprint density at radius 2 is 2.06 bits per heavy atom. The summed E-state index contributed by atoms with van der Waals surface area (Å²) in [7, 11) is 1.68. The van der Waals surface area contributed by atoms with Crippen molar-refractivity contribution in [2.75, 3.05) is 20.3 Å². The number of aliphatic hydroxyl groups is 1. The lowest BCUT2D eigenvalue weighted by Crippen LogP contribution is -2.14. The van der Waals surface area contributed by atoms with E-state index in [1.165, 1.54) is 5.56 Å². The molecular formula is C13H22ClNO2. The standard InChI is InChI=1S/C13H21NO2.ClH/c1-16-13-7-5-6-12(10-13)11-14-8-3-2-4-9-15;/h5-7,10,14-15H,2-4,8-9,11H2,1H3;1H. The molecule has 0 spiro atoms. The lowest BCUT2D eigenvalue weighted by atomic mass is 10.2. The fourth-order valence-electron chi connectivity index (χ4n) is 1.55. The summed E-state index contributed by atoms with van der Waals surface area (Å²) in [4.78, 5) is 0. The first kappa shape index (κ1) is 16.2. The first-order valence-electron chi connectivity index (χ1n) is 5.81. The molecule has 2 N–H and O–H groups in total. The summed E-state index contributed by atoms with van der Waals surface area (Å²) in [6.07, 6.45) is 3.10. The normalized spacial score (nSPS) is 9.76. The Hall–Kier alpha value is -0.770. The van der Waals surface area contributed by atoms with Gasteiger partial charge in [0.2, 0.25) is 0 Å². The van der Waals surface area contributed by atoms with E-state index in [0.717, 1.165) is 38.1 Å². The van der Waals surface area contributed by atoms with Crippen LogP contribution in [-0.4, -0.2) is 25.4 Å². The maximum Gasteiger partial charge on any atom is 0.119 e. The summed E-state index contributed by atoms with van der Waals surface area (Å²) >= 11 is 0. The molecular weight excluding hydrogens is 238 g/mol. The molecule has 17 heavy (non-hydrogen) atoms. The van der Waals surface area contributed by atoms with Crippen molar-refractivity contribution in [1.29, 1.82) is 0 Å². The van der Waals surface area contributed by atoms with Gasteiger partial charge in [0, 0.05) is 13.2 Å². The van der Waals surface area contributed by atoms with Gasteiger partial charge in [-0.1, -0.05) is 12.1 Å². The van der Waals surface area contributed by atoms with E-state index in [0.29, 0.717) is 6.61 Å². The Bertz CT molecular complexity index is 295. The minimum absolute atomic E-state index is 0. The second-order valence-corrected chi connectivity index (χ2v) is 3.81. The van der Waals surface area contributed by atoms with Gasteiger partial charge in [0.15, 0.2) is 0 Å². The van der Waals surface area contributed by atoms with Gasteiger partial charge in [-0.25, -0.2) is 0 Å². The summed E-state index contributed by atoms with van der Waals surface area (Å²) < 4.78 is 5.16. The molecule has 0 saturated carbocycles. The molecule has 3 nitrogen and oxygen atoms in total. The molecule has 98 valence electrons. The van der Waals surface area contributed by atoms with Gasteiger partial charge in [0.1, 0.15) is 5.75 Å². The molecule has 1 aromatic rings. The molecule has 0 fully saturated rings. The number of hydrogen-bond donors (Lipinski definition) is 2. The zero-order valence-corrected chi connectivity index (χ0v) is 11.1. The SMILES string of the molecule is COc1cccc(CNCCCCCO)c1.Cl. The lowest BCUT2D eigenvalue weighted by Gasteiger charge is -2.06. The highest BCUT2D eigenvalue weighted by Gasteiger charge is 1.95. The van der Waals surface area contributed by atoms with Crippen molar-refractivity contribution in [3.8, 4) is 5.75 Å². The fourth-order valence-corrected chi connectivity index (χ4v) is 1.55. The van der Waals surface area contributed by atoms with E-state index in [1.807, 2.05) is 18.2 Å². The summed E-state index contributed by atoms with van der Waals surface area (Å²) in [5.41, 5.74) is 1.24. The summed E-state index contributed by atoms with van der Waals surface area (Å²) in [5, 5.41) is 12.0. The molecule has 0 aliphatic heterocycles. The van der Waals surface area contributed by atoms with Crippen molar-refractivity contribution in [2.45, 2.75) is 25.8 Å². The Labute approximate surface area is 110 Å². The molecule has 1 rings (SSSR count). The summed E-state index contributed by atoms with van der Waals surface area (Å²) in [5.74, 6) is 0.902. The number of rotatable bonds is 8. The van der Waals surface area contributed by atoms with Crippen molar-refractivity contribution >= 4 is 12.4 Å². The number of ether oxygens (including phenoxy) is 1. The second kappa shape index (κ2) is 10.4. The van der Waals surface area contributed by atoms with Crippen molar-refractivity contribution in [1.82, 2.24) is 5.32 Å². The predicted molar refractivity (Wildman–Crippen MR) is 72.9 cm³/mol. The number of aliphatic hydroxyl groups excluding tert-OH is 1. The van der Waals surface area contributed by atoms with Crippen LogP contribution in [0.3, 0.4) is 0 Å². The van der Waals surface area contributed by atoms with E-state index < -0.39 is 0 Å². The van der Waals surface area contributed by atoms with Gasteiger partial charge in [-0.3, -0.25) is 0 Å². The van der Waals surface area contributed by atoms with Gasteiger partial charge >= 0.3 is 0 Å². The molecule has 0 atom stereocenters. The molecule has 0 unspecified atom stereocenters. The third-order valence-corrected chi connectivity index (χ3v) is 2.47. The highest BCUT2D eigenvalue weighted by molar-refractivity contribution is 5.85. The van der Waals surface area contributed by atoms with Crippen LogP contribution in [0.15, 0.2) is 24.3 Å². The average molecular weight is 260 g/mol. The summed E-state index contributed by atoms with van der Waals surface area (Å²) in [6, 6.07) is 8.08. The molecule has 0 aliphatic rings. The zero-order chi connectivity index (χ0) is 11.6. The predicted octanol–water partition coefficient (Wildman–Crippen LogP) is 2.37. The minimum atomic E-state index is 0. The Morgan fingerprint density at radius 3 is 2.76 bits per heavy atom. The van der Waals surface area contributed by atoms with Crippen LogP contribution in [0.5, 0.6) is 5.75 Å². The van der Waals surface area contributed by atoms with Crippen LogP contribution < -0.4 is 10.1 Å². The largest absolute Gasteiger partial charge is 0.497 e. The average Bonchev–Trinajstić information content (AvgIpc) is 2.34. The molecule has 0 heterocycles. The van der Waals surface area contributed by atoms with Crippen LogP contribution >= 0.6 is 12.4 Å². The van der Waals surface area contributed by atoms with Gasteiger partial charge in [0.05, 0.1) is 7.11 Å². The first-order chi connectivity index (χ1) is 7.86. The molecule has 1 aromatic carbocycles. The molecule has 0 saturated heterocycles. The van der Waals surface area contributed by atoms with Crippen molar-refractivity contribution in [3.05, 3.63) is 29.8 Å². The number of hydrogen-bond acceptors (Lipinski definition) is 3. The van der Waals surface area contributed by atoms with Crippen molar-refractivity contribution in [2.24, 2.45) is 0 Å².